The molecule has 6 rings (SSSR count). The fourth-order valence-electron chi connectivity index (χ4n) is 5.37. The van der Waals surface area contributed by atoms with Crippen LogP contribution in [0.4, 0.5) is 5.82 Å². The number of imidazole rings is 1. The summed E-state index contributed by atoms with van der Waals surface area (Å²) in [6, 6.07) is 5.97. The Kier molecular flexibility index (Phi) is 5.95. The Morgan fingerprint density at radius 1 is 1.25 bits per heavy atom. The Morgan fingerprint density at radius 3 is 3.08 bits per heavy atom. The number of halogens is 1. The number of hydrogen-bond donors (Lipinski definition) is 1. The third-order valence-corrected chi connectivity index (χ3v) is 7.43. The number of nitrogens with zero attached hydrogens (tertiary/aromatic N) is 6. The number of ketones is 1. The van der Waals surface area contributed by atoms with Crippen molar-refractivity contribution in [2.75, 3.05) is 25.1 Å². The number of carbonyl (C=O) groups is 1. The van der Waals surface area contributed by atoms with Crippen LogP contribution in [0, 0.1) is 5.92 Å². The second-order valence-corrected chi connectivity index (χ2v) is 9.78. The molecule has 0 spiro atoms. The van der Waals surface area contributed by atoms with E-state index in [2.05, 4.69) is 35.7 Å². The molecule has 1 fully saturated rings. The predicted octanol–water partition coefficient (Wildman–Crippen LogP) is 4.07. The maximum absolute atomic E-state index is 13.4. The summed E-state index contributed by atoms with van der Waals surface area (Å²) >= 11 is 6.09. The van der Waals surface area contributed by atoms with Crippen LogP contribution < -0.4 is 9.64 Å². The van der Waals surface area contributed by atoms with E-state index in [0.29, 0.717) is 23.7 Å². The van der Waals surface area contributed by atoms with Crippen molar-refractivity contribution >= 4 is 40.6 Å². The van der Waals surface area contributed by atoms with E-state index in [1.807, 2.05) is 25.2 Å². The summed E-state index contributed by atoms with van der Waals surface area (Å²) in [6.45, 7) is 1.42. The highest BCUT2D eigenvalue weighted by molar-refractivity contribution is 6.39. The maximum atomic E-state index is 13.4. The number of aromatic amines is 1. The number of nitrogens with one attached hydrogen (secondary N) is 1. The minimum absolute atomic E-state index is 0.129. The number of anilines is 1. The van der Waals surface area contributed by atoms with Crippen LogP contribution in [0.2, 0.25) is 0 Å². The van der Waals surface area contributed by atoms with Crippen LogP contribution in [0.5, 0.6) is 5.75 Å². The fourth-order valence-corrected chi connectivity index (χ4v) is 5.53. The van der Waals surface area contributed by atoms with Gasteiger partial charge in [-0.15, -0.1) is 0 Å². The molecule has 184 valence electrons. The number of aromatic nitrogens is 4. The molecule has 4 heterocycles. The number of ether oxygens (including phenoxy) is 1. The molecule has 1 N–H and O–H groups in total. The number of carbonyl (C=O) groups excluding carboxylic acids is 1. The zero-order valence-electron chi connectivity index (χ0n) is 19.9. The maximum Gasteiger partial charge on any atom is 0.182 e. The molecule has 9 nitrogen and oxygen atoms in total. The van der Waals surface area contributed by atoms with E-state index < -0.39 is 0 Å². The third-order valence-electron chi connectivity index (χ3n) is 7.23. The molecule has 2 unspecified atom stereocenters. The van der Waals surface area contributed by atoms with Gasteiger partial charge in [-0.05, 0) is 31.7 Å². The normalized spacial score (nSPS) is 21.6. The van der Waals surface area contributed by atoms with Crippen molar-refractivity contribution in [3.63, 3.8) is 0 Å². The van der Waals surface area contributed by atoms with Crippen molar-refractivity contribution in [1.82, 2.24) is 24.9 Å². The Hall–Kier alpha value is -3.68. The quantitative estimate of drug-likeness (QED) is 0.506. The molecule has 2 aromatic heterocycles. The highest BCUT2D eigenvalue weighted by Crippen LogP contribution is 2.36. The molecule has 36 heavy (non-hydrogen) atoms. The van der Waals surface area contributed by atoms with Gasteiger partial charge >= 0.3 is 0 Å². The highest BCUT2D eigenvalue weighted by Gasteiger charge is 2.32. The van der Waals surface area contributed by atoms with Crippen LogP contribution in [0.25, 0.3) is 11.2 Å². The summed E-state index contributed by atoms with van der Waals surface area (Å²) in [4.78, 5) is 31.9. The van der Waals surface area contributed by atoms with Crippen molar-refractivity contribution in [2.24, 2.45) is 11.0 Å². The topological polar surface area (TPSA) is 99.6 Å². The molecule has 3 aliphatic rings. The largest absolute Gasteiger partial charge is 0.491 e. The van der Waals surface area contributed by atoms with Gasteiger partial charge in [0.15, 0.2) is 17.2 Å². The minimum Gasteiger partial charge on any atom is -0.491 e. The number of benzene rings is 1. The molecule has 2 aliphatic heterocycles. The van der Waals surface area contributed by atoms with Crippen molar-refractivity contribution in [1.29, 1.82) is 0 Å². The van der Waals surface area contributed by atoms with Gasteiger partial charge in [0.25, 0.3) is 0 Å². The van der Waals surface area contributed by atoms with Crippen LogP contribution >= 0.6 is 11.6 Å². The first kappa shape index (κ1) is 22.8. The number of H-pyrrole nitrogens is 1. The van der Waals surface area contributed by atoms with Crippen LogP contribution in [-0.4, -0.2) is 63.2 Å². The van der Waals surface area contributed by atoms with Gasteiger partial charge in [-0.3, -0.25) is 9.80 Å². The minimum atomic E-state index is -0.129. The Bertz CT molecular complexity index is 1420. The lowest BCUT2D eigenvalue weighted by atomic mass is 9.80. The van der Waals surface area contributed by atoms with Gasteiger partial charge in [-0.2, -0.15) is 5.10 Å². The van der Waals surface area contributed by atoms with E-state index in [-0.39, 0.29) is 17.7 Å². The van der Waals surface area contributed by atoms with Crippen LogP contribution in [0.3, 0.4) is 0 Å². The smallest absolute Gasteiger partial charge is 0.182 e. The van der Waals surface area contributed by atoms with Gasteiger partial charge in [0.1, 0.15) is 29.2 Å². The molecule has 2 atom stereocenters. The number of rotatable bonds is 6. The molecule has 10 heteroatoms. The first-order valence-corrected chi connectivity index (χ1v) is 12.6. The molecule has 0 amide bonds. The number of allylic oxidation sites excluding steroid dienone is 1. The summed E-state index contributed by atoms with van der Waals surface area (Å²) in [5.41, 5.74) is 7.21. The molecule has 3 aromatic rings. The van der Waals surface area contributed by atoms with Crippen LogP contribution in [0.1, 0.15) is 41.6 Å². The molecular weight excluding hydrogens is 478 g/mol. The Morgan fingerprint density at radius 2 is 2.17 bits per heavy atom. The Labute approximate surface area is 213 Å². The average Bonchev–Trinajstić information content (AvgIpc) is 3.56. The monoisotopic (exact) mass is 503 g/mol. The predicted molar refractivity (Wildman–Crippen MR) is 137 cm³/mol. The van der Waals surface area contributed by atoms with Gasteiger partial charge < -0.3 is 14.6 Å². The van der Waals surface area contributed by atoms with E-state index in [0.717, 1.165) is 66.1 Å². The number of fused-ring (bicyclic) bond motifs is 2. The van der Waals surface area contributed by atoms with Crippen LogP contribution in [0.15, 0.2) is 52.4 Å². The molecule has 1 aromatic carbocycles. The first-order valence-electron chi connectivity index (χ1n) is 12.2. The van der Waals surface area contributed by atoms with E-state index in [1.54, 1.807) is 23.9 Å². The van der Waals surface area contributed by atoms with E-state index in [4.69, 9.17) is 16.3 Å². The lowest BCUT2D eigenvalue weighted by molar-refractivity contribution is 0.0895. The van der Waals surface area contributed by atoms with Gasteiger partial charge in [-0.1, -0.05) is 29.5 Å². The summed E-state index contributed by atoms with van der Waals surface area (Å²) in [6.07, 6.45) is 8.93. The zero-order valence-corrected chi connectivity index (χ0v) is 20.7. The molecule has 1 saturated heterocycles. The second-order valence-electron chi connectivity index (χ2n) is 9.37. The lowest BCUT2D eigenvalue weighted by Gasteiger charge is -2.29. The number of Topliss-reactive ketones (excluding diaryl/α,β-unsaturated/α-hetero) is 1. The summed E-state index contributed by atoms with van der Waals surface area (Å²) in [5.74, 6) is 1.66. The van der Waals surface area contributed by atoms with Crippen LogP contribution in [-0.2, 0) is 6.42 Å². The number of hydrogen-bond acceptors (Lipinski definition) is 8. The van der Waals surface area contributed by atoms with Gasteiger partial charge in [0, 0.05) is 37.1 Å². The van der Waals surface area contributed by atoms with Crippen molar-refractivity contribution in [3.05, 3.63) is 58.4 Å². The molecule has 0 radical (unpaired) electrons. The van der Waals surface area contributed by atoms with E-state index in [1.165, 1.54) is 0 Å². The highest BCUT2D eigenvalue weighted by atomic mass is 35.5. The van der Waals surface area contributed by atoms with E-state index >= 15 is 0 Å². The number of hydrazone groups is 1. The summed E-state index contributed by atoms with van der Waals surface area (Å²) < 4.78 is 6.37. The average molecular weight is 504 g/mol. The SMILES string of the molecule is CN1N=CC(Cl)=C=C1CC1CCc2c(OCC3CCCN3c3ncnc4nc[nH]c34)cccc2C1=O. The fraction of sp³-hybridized carbons (Fsp3) is 0.385. The van der Waals surface area contributed by atoms with Crippen molar-refractivity contribution in [3.8, 4) is 5.75 Å². The van der Waals surface area contributed by atoms with Crippen molar-refractivity contribution in [2.45, 2.75) is 38.1 Å². The molecule has 0 saturated carbocycles. The van der Waals surface area contributed by atoms with Gasteiger partial charge in [-0.25, -0.2) is 15.0 Å². The Balaban J connectivity index is 1.18. The van der Waals surface area contributed by atoms with Gasteiger partial charge in [0.2, 0.25) is 0 Å². The first-order chi connectivity index (χ1) is 17.6. The van der Waals surface area contributed by atoms with E-state index in [9.17, 15) is 4.79 Å². The second kappa shape index (κ2) is 9.41. The van der Waals surface area contributed by atoms with Gasteiger partial charge in [0.05, 0.1) is 24.3 Å². The lowest BCUT2D eigenvalue weighted by Crippen LogP contribution is -2.35. The zero-order chi connectivity index (χ0) is 24.6. The third kappa shape index (κ3) is 4.14. The molecule has 0 bridgehead atoms. The molecular formula is C26H26ClN7O2. The summed E-state index contributed by atoms with van der Waals surface area (Å²) in [5, 5.41) is 6.43. The molecule has 1 aliphatic carbocycles. The standard InChI is InChI=1S/C26H26ClN7O2/c1-33-19(11-17(27)12-32-33)10-16-7-8-20-21(24(16)35)5-2-6-22(20)36-13-18-4-3-9-34(18)26-23-25(29-14-28-23)30-15-31-26/h2,5-6,12,14-16,18H,3-4,7-10,13H2,1H3,(H,28,29,30,31). The summed E-state index contributed by atoms with van der Waals surface area (Å²) in [7, 11) is 1.85. The van der Waals surface area contributed by atoms with Crippen molar-refractivity contribution < 1.29 is 9.53 Å².